The average Bonchev–Trinajstić information content (AvgIpc) is 2.39. The molecule has 21 heavy (non-hydrogen) atoms. The molecule has 3 N–H and O–H groups in total. The van der Waals surface area contributed by atoms with Gasteiger partial charge >= 0.3 is 5.97 Å². The van der Waals surface area contributed by atoms with E-state index in [-0.39, 0.29) is 5.91 Å². The van der Waals surface area contributed by atoms with Crippen molar-refractivity contribution in [3.8, 4) is 0 Å². The predicted octanol–water partition coefficient (Wildman–Crippen LogP) is 2.66. The van der Waals surface area contributed by atoms with E-state index in [2.05, 4.69) is 21.2 Å². The summed E-state index contributed by atoms with van der Waals surface area (Å²) in [6.45, 7) is 7.81. The number of nitrogen functional groups attached to an aromatic ring is 1. The van der Waals surface area contributed by atoms with Crippen molar-refractivity contribution in [2.24, 2.45) is 5.92 Å². The van der Waals surface area contributed by atoms with E-state index in [1.165, 1.54) is 0 Å². The van der Waals surface area contributed by atoms with Crippen LogP contribution < -0.4 is 11.1 Å². The van der Waals surface area contributed by atoms with Gasteiger partial charge in [-0.25, -0.2) is 4.79 Å². The van der Waals surface area contributed by atoms with Crippen molar-refractivity contribution in [2.75, 3.05) is 12.3 Å². The number of carbonyl (C=O) groups excluding carboxylic acids is 2. The zero-order valence-electron chi connectivity index (χ0n) is 12.7. The van der Waals surface area contributed by atoms with Gasteiger partial charge < -0.3 is 15.8 Å². The third-order valence-electron chi connectivity index (χ3n) is 2.97. The molecule has 116 valence electrons. The summed E-state index contributed by atoms with van der Waals surface area (Å²) in [5.41, 5.74) is 7.30. The first-order valence-corrected chi connectivity index (χ1v) is 7.56. The number of anilines is 1. The zero-order valence-corrected chi connectivity index (χ0v) is 14.3. The van der Waals surface area contributed by atoms with Crippen molar-refractivity contribution in [3.05, 3.63) is 27.7 Å². The second-order valence-electron chi connectivity index (χ2n) is 5.35. The summed E-state index contributed by atoms with van der Waals surface area (Å²) < 4.78 is 5.88. The molecule has 0 radical (unpaired) electrons. The van der Waals surface area contributed by atoms with Crippen molar-refractivity contribution >= 4 is 33.5 Å². The number of nitrogens with two attached hydrogens (primary N) is 1. The van der Waals surface area contributed by atoms with E-state index < -0.39 is 12.1 Å². The van der Waals surface area contributed by atoms with Gasteiger partial charge in [0.15, 0.2) is 6.10 Å². The number of hydrogen-bond acceptors (Lipinski definition) is 4. The van der Waals surface area contributed by atoms with Crippen LogP contribution in [0.4, 0.5) is 5.69 Å². The fourth-order valence-corrected chi connectivity index (χ4v) is 2.11. The van der Waals surface area contributed by atoms with E-state index in [0.29, 0.717) is 33.7 Å². The molecular weight excluding hydrogens is 336 g/mol. The first-order chi connectivity index (χ1) is 9.72. The standard InChI is InChI=1S/C15H21BrN2O3/c1-8(2)7-18-14(19)10(4)21-15(20)12-5-11(16)6-13(17)9(12)3/h5-6,8,10H,7,17H2,1-4H3,(H,18,19). The van der Waals surface area contributed by atoms with Gasteiger partial charge in [0.2, 0.25) is 0 Å². The Morgan fingerprint density at radius 3 is 2.52 bits per heavy atom. The number of hydrogen-bond donors (Lipinski definition) is 2. The van der Waals surface area contributed by atoms with Gasteiger partial charge in [0.1, 0.15) is 0 Å². The van der Waals surface area contributed by atoms with Gasteiger partial charge in [-0.15, -0.1) is 0 Å². The second kappa shape index (κ2) is 7.45. The molecule has 0 aromatic heterocycles. The Morgan fingerprint density at radius 1 is 1.33 bits per heavy atom. The highest BCUT2D eigenvalue weighted by atomic mass is 79.9. The maximum Gasteiger partial charge on any atom is 0.339 e. The molecule has 0 aliphatic heterocycles. The Bertz CT molecular complexity index is 544. The van der Waals surface area contributed by atoms with Gasteiger partial charge in [-0.3, -0.25) is 4.79 Å². The Hall–Kier alpha value is -1.56. The van der Waals surface area contributed by atoms with E-state index in [4.69, 9.17) is 10.5 Å². The molecule has 1 rings (SSSR count). The van der Waals surface area contributed by atoms with Gasteiger partial charge in [-0.05, 0) is 37.5 Å². The SMILES string of the molecule is Cc1c(N)cc(Br)cc1C(=O)OC(C)C(=O)NCC(C)C. The molecule has 0 bridgehead atoms. The molecule has 0 aliphatic carbocycles. The molecule has 1 atom stereocenters. The number of halogens is 1. The Labute approximate surface area is 133 Å². The topological polar surface area (TPSA) is 81.4 Å². The van der Waals surface area contributed by atoms with E-state index >= 15 is 0 Å². The minimum Gasteiger partial charge on any atom is -0.449 e. The van der Waals surface area contributed by atoms with E-state index in [1.54, 1.807) is 26.0 Å². The highest BCUT2D eigenvalue weighted by Gasteiger charge is 2.21. The minimum absolute atomic E-state index is 0.308. The van der Waals surface area contributed by atoms with Crippen molar-refractivity contribution < 1.29 is 14.3 Å². The van der Waals surface area contributed by atoms with Crippen LogP contribution in [0.2, 0.25) is 0 Å². The molecule has 0 heterocycles. The fraction of sp³-hybridized carbons (Fsp3) is 0.467. The van der Waals surface area contributed by atoms with Crippen LogP contribution in [-0.4, -0.2) is 24.5 Å². The molecule has 6 heteroatoms. The first-order valence-electron chi connectivity index (χ1n) is 6.76. The molecule has 1 unspecified atom stereocenters. The minimum atomic E-state index is -0.851. The zero-order chi connectivity index (χ0) is 16.2. The Kier molecular flexibility index (Phi) is 6.20. The molecule has 0 saturated heterocycles. The molecule has 0 aliphatic rings. The van der Waals surface area contributed by atoms with Crippen LogP contribution in [0, 0.1) is 12.8 Å². The smallest absolute Gasteiger partial charge is 0.339 e. The molecule has 1 aromatic carbocycles. The van der Waals surface area contributed by atoms with Crippen molar-refractivity contribution in [1.29, 1.82) is 0 Å². The maximum atomic E-state index is 12.1. The number of ether oxygens (including phenoxy) is 1. The van der Waals surface area contributed by atoms with Gasteiger partial charge in [0.05, 0.1) is 5.56 Å². The van der Waals surface area contributed by atoms with Gasteiger partial charge in [-0.2, -0.15) is 0 Å². The van der Waals surface area contributed by atoms with E-state index in [1.807, 2.05) is 13.8 Å². The molecular formula is C15H21BrN2O3. The summed E-state index contributed by atoms with van der Waals surface area (Å²) in [6.07, 6.45) is -0.851. The lowest BCUT2D eigenvalue weighted by molar-refractivity contribution is -0.129. The lowest BCUT2D eigenvalue weighted by Gasteiger charge is -2.16. The highest BCUT2D eigenvalue weighted by Crippen LogP contribution is 2.23. The van der Waals surface area contributed by atoms with Gasteiger partial charge in [0.25, 0.3) is 5.91 Å². The van der Waals surface area contributed by atoms with Crippen LogP contribution in [0.1, 0.15) is 36.7 Å². The molecule has 0 saturated carbocycles. The Balaban J connectivity index is 2.75. The van der Waals surface area contributed by atoms with Crippen LogP contribution in [0.3, 0.4) is 0 Å². The summed E-state index contributed by atoms with van der Waals surface area (Å²) >= 11 is 3.28. The largest absolute Gasteiger partial charge is 0.449 e. The number of esters is 1. The molecule has 1 amide bonds. The van der Waals surface area contributed by atoms with Crippen LogP contribution in [0.5, 0.6) is 0 Å². The number of carbonyl (C=O) groups is 2. The molecule has 5 nitrogen and oxygen atoms in total. The van der Waals surface area contributed by atoms with E-state index in [0.717, 1.165) is 0 Å². The number of rotatable bonds is 5. The normalized spacial score (nSPS) is 12.1. The average molecular weight is 357 g/mol. The molecule has 0 spiro atoms. The van der Waals surface area contributed by atoms with Crippen LogP contribution in [-0.2, 0) is 9.53 Å². The summed E-state index contributed by atoms with van der Waals surface area (Å²) in [6, 6.07) is 3.34. The summed E-state index contributed by atoms with van der Waals surface area (Å²) in [5.74, 6) is -0.533. The fourth-order valence-electron chi connectivity index (χ4n) is 1.64. The number of benzene rings is 1. The quantitative estimate of drug-likeness (QED) is 0.627. The lowest BCUT2D eigenvalue weighted by Crippen LogP contribution is -2.37. The number of nitrogens with one attached hydrogen (secondary N) is 1. The monoisotopic (exact) mass is 356 g/mol. The maximum absolute atomic E-state index is 12.1. The van der Waals surface area contributed by atoms with Crippen molar-refractivity contribution in [3.63, 3.8) is 0 Å². The lowest BCUT2D eigenvalue weighted by atomic mass is 10.1. The summed E-state index contributed by atoms with van der Waals surface area (Å²) in [5, 5.41) is 2.73. The van der Waals surface area contributed by atoms with Crippen molar-refractivity contribution in [2.45, 2.75) is 33.8 Å². The molecule has 1 aromatic rings. The van der Waals surface area contributed by atoms with Gasteiger partial charge in [0, 0.05) is 16.7 Å². The van der Waals surface area contributed by atoms with Crippen LogP contribution in [0.25, 0.3) is 0 Å². The molecule has 0 fully saturated rings. The number of amides is 1. The second-order valence-corrected chi connectivity index (χ2v) is 6.27. The first kappa shape index (κ1) is 17.5. The summed E-state index contributed by atoms with van der Waals surface area (Å²) in [4.78, 5) is 24.0. The van der Waals surface area contributed by atoms with E-state index in [9.17, 15) is 9.59 Å². The van der Waals surface area contributed by atoms with Crippen molar-refractivity contribution in [1.82, 2.24) is 5.32 Å². The third-order valence-corrected chi connectivity index (χ3v) is 3.43. The third kappa shape index (κ3) is 5.04. The van der Waals surface area contributed by atoms with Gasteiger partial charge in [-0.1, -0.05) is 29.8 Å². The highest BCUT2D eigenvalue weighted by molar-refractivity contribution is 9.10. The van der Waals surface area contributed by atoms with Crippen LogP contribution >= 0.6 is 15.9 Å². The Morgan fingerprint density at radius 2 is 1.95 bits per heavy atom. The predicted molar refractivity (Wildman–Crippen MR) is 86.0 cm³/mol. The summed E-state index contributed by atoms with van der Waals surface area (Å²) in [7, 11) is 0. The van der Waals surface area contributed by atoms with Crippen LogP contribution in [0.15, 0.2) is 16.6 Å².